The van der Waals surface area contributed by atoms with Crippen LogP contribution in [0.15, 0.2) is 23.1 Å². The quantitative estimate of drug-likeness (QED) is 0.830. The topological polar surface area (TPSA) is 82.0 Å². The highest BCUT2D eigenvalue weighted by Gasteiger charge is 2.34. The minimum atomic E-state index is -3.54. The van der Waals surface area contributed by atoms with Crippen LogP contribution in [0, 0.1) is 17.2 Å². The van der Waals surface area contributed by atoms with Crippen molar-refractivity contribution in [3.8, 4) is 6.07 Å². The van der Waals surface area contributed by atoms with Gasteiger partial charge >= 0.3 is 0 Å². The Hall–Kier alpha value is -1.58. The zero-order valence-electron chi connectivity index (χ0n) is 11.1. The summed E-state index contributed by atoms with van der Waals surface area (Å²) in [4.78, 5) is 0.170. The van der Waals surface area contributed by atoms with Crippen LogP contribution in [0.5, 0.6) is 0 Å². The summed E-state index contributed by atoms with van der Waals surface area (Å²) in [5.74, 6) is 0.335. The van der Waals surface area contributed by atoms with Crippen molar-refractivity contribution in [3.63, 3.8) is 0 Å². The van der Waals surface area contributed by atoms with Crippen LogP contribution in [0.3, 0.4) is 0 Å². The van der Waals surface area contributed by atoms with E-state index in [9.17, 15) is 8.42 Å². The largest absolute Gasteiger partial charge is 0.368 e. The summed E-state index contributed by atoms with van der Waals surface area (Å²) in [5, 5.41) is 12.2. The number of hydrogen-bond donors (Lipinski definition) is 2. The van der Waals surface area contributed by atoms with Crippen molar-refractivity contribution in [2.24, 2.45) is 5.92 Å². The van der Waals surface area contributed by atoms with Gasteiger partial charge in [-0.2, -0.15) is 9.98 Å². The second-order valence-corrected chi connectivity index (χ2v) is 7.15. The Morgan fingerprint density at radius 3 is 2.65 bits per heavy atom. The van der Waals surface area contributed by atoms with Crippen LogP contribution < -0.4 is 10.0 Å². The highest BCUT2D eigenvalue weighted by Crippen LogP contribution is 2.33. The number of benzene rings is 1. The minimum absolute atomic E-state index is 0.170. The molecule has 1 saturated carbocycles. The molecule has 5 nitrogen and oxygen atoms in total. The fraction of sp³-hybridized carbons (Fsp3) is 0.500. The lowest BCUT2D eigenvalue weighted by Crippen LogP contribution is -2.49. The molecule has 2 aliphatic rings. The highest BCUT2D eigenvalue weighted by atomic mass is 32.2. The Bertz CT molecular complexity index is 657. The number of nitrogens with zero attached hydrogens (tertiary/aromatic N) is 1. The molecule has 20 heavy (non-hydrogen) atoms. The molecule has 1 aliphatic heterocycles. The Balaban J connectivity index is 1.94. The minimum Gasteiger partial charge on any atom is -0.368 e. The van der Waals surface area contributed by atoms with E-state index >= 15 is 0 Å². The van der Waals surface area contributed by atoms with Gasteiger partial charge in [0.15, 0.2) is 0 Å². The molecule has 1 fully saturated rings. The van der Waals surface area contributed by atoms with E-state index in [1.165, 1.54) is 12.5 Å². The molecule has 3 rings (SSSR count). The Morgan fingerprint density at radius 1 is 1.20 bits per heavy atom. The average molecular weight is 291 g/mol. The zero-order chi connectivity index (χ0) is 14.2. The fourth-order valence-electron chi connectivity index (χ4n) is 3.04. The predicted molar refractivity (Wildman–Crippen MR) is 75.5 cm³/mol. The van der Waals surface area contributed by atoms with E-state index in [2.05, 4.69) is 10.0 Å². The van der Waals surface area contributed by atoms with Gasteiger partial charge in [0.1, 0.15) is 4.90 Å². The van der Waals surface area contributed by atoms with Crippen LogP contribution in [0.4, 0.5) is 5.69 Å². The van der Waals surface area contributed by atoms with Gasteiger partial charge in [0.2, 0.25) is 10.0 Å². The maximum absolute atomic E-state index is 12.3. The van der Waals surface area contributed by atoms with E-state index in [0.29, 0.717) is 17.2 Å². The van der Waals surface area contributed by atoms with Crippen molar-refractivity contribution in [3.05, 3.63) is 23.8 Å². The molecule has 1 aromatic rings. The Kier molecular flexibility index (Phi) is 3.40. The van der Waals surface area contributed by atoms with Crippen LogP contribution >= 0.6 is 0 Å². The standard InChI is InChI=1S/C14H17N3O2S/c15-9-10-6-7-12-13(8-10)20(18,19)17-14(16-12)11-4-2-1-3-5-11/h6-8,11,14,16-17H,1-5H2. The van der Waals surface area contributed by atoms with E-state index in [4.69, 9.17) is 5.26 Å². The summed E-state index contributed by atoms with van der Waals surface area (Å²) in [6.45, 7) is 0. The molecule has 0 radical (unpaired) electrons. The summed E-state index contributed by atoms with van der Waals surface area (Å²) in [6.07, 6.45) is 5.41. The molecule has 1 heterocycles. The molecular weight excluding hydrogens is 274 g/mol. The molecule has 106 valence electrons. The molecule has 1 atom stereocenters. The van der Waals surface area contributed by atoms with Crippen molar-refractivity contribution >= 4 is 15.7 Å². The van der Waals surface area contributed by atoms with Gasteiger partial charge in [0, 0.05) is 0 Å². The number of nitrogens with one attached hydrogen (secondary N) is 2. The molecule has 2 N–H and O–H groups in total. The van der Waals surface area contributed by atoms with E-state index < -0.39 is 10.0 Å². The lowest BCUT2D eigenvalue weighted by molar-refractivity contribution is 0.306. The second-order valence-electron chi connectivity index (χ2n) is 5.46. The monoisotopic (exact) mass is 291 g/mol. The number of hydrogen-bond acceptors (Lipinski definition) is 4. The second kappa shape index (κ2) is 5.08. The summed E-state index contributed by atoms with van der Waals surface area (Å²) in [6, 6.07) is 6.71. The summed E-state index contributed by atoms with van der Waals surface area (Å²) in [7, 11) is -3.54. The molecule has 1 aliphatic carbocycles. The van der Waals surface area contributed by atoms with E-state index in [0.717, 1.165) is 25.7 Å². The number of sulfonamides is 1. The van der Waals surface area contributed by atoms with Crippen LogP contribution in [0.2, 0.25) is 0 Å². The average Bonchev–Trinajstić information content (AvgIpc) is 2.47. The van der Waals surface area contributed by atoms with Crippen molar-refractivity contribution in [1.82, 2.24) is 4.72 Å². The molecule has 0 amide bonds. The van der Waals surface area contributed by atoms with Gasteiger partial charge in [-0.25, -0.2) is 8.42 Å². The Morgan fingerprint density at radius 2 is 1.95 bits per heavy atom. The van der Waals surface area contributed by atoms with Crippen molar-refractivity contribution in [2.45, 2.75) is 43.2 Å². The molecule has 0 spiro atoms. The molecule has 0 aromatic heterocycles. The predicted octanol–water partition coefficient (Wildman–Crippen LogP) is 2.17. The van der Waals surface area contributed by atoms with Crippen LogP contribution in [-0.2, 0) is 10.0 Å². The molecule has 1 aromatic carbocycles. The first kappa shape index (κ1) is 13.4. The number of rotatable bonds is 1. The third-order valence-corrected chi connectivity index (χ3v) is 5.60. The summed E-state index contributed by atoms with van der Waals surface area (Å²) in [5.41, 5.74) is 0.949. The Labute approximate surface area is 119 Å². The van der Waals surface area contributed by atoms with E-state index in [-0.39, 0.29) is 11.1 Å². The van der Waals surface area contributed by atoms with Crippen LogP contribution in [-0.4, -0.2) is 14.6 Å². The fourth-order valence-corrected chi connectivity index (χ4v) is 4.45. The zero-order valence-corrected chi connectivity index (χ0v) is 11.9. The normalized spacial score (nSPS) is 25.2. The summed E-state index contributed by atoms with van der Waals surface area (Å²) >= 11 is 0. The number of fused-ring (bicyclic) bond motifs is 1. The van der Waals surface area contributed by atoms with Gasteiger partial charge in [0.05, 0.1) is 23.5 Å². The van der Waals surface area contributed by atoms with Gasteiger partial charge in [-0.3, -0.25) is 0 Å². The van der Waals surface area contributed by atoms with Gasteiger partial charge in [-0.15, -0.1) is 0 Å². The van der Waals surface area contributed by atoms with E-state index in [1.54, 1.807) is 12.1 Å². The molecule has 0 saturated heterocycles. The molecule has 1 unspecified atom stereocenters. The third kappa shape index (κ3) is 2.39. The van der Waals surface area contributed by atoms with Crippen LogP contribution in [0.25, 0.3) is 0 Å². The molecule has 0 bridgehead atoms. The lowest BCUT2D eigenvalue weighted by Gasteiger charge is -2.35. The first-order valence-electron chi connectivity index (χ1n) is 6.93. The van der Waals surface area contributed by atoms with Crippen molar-refractivity contribution in [2.75, 3.05) is 5.32 Å². The van der Waals surface area contributed by atoms with Gasteiger partial charge in [-0.1, -0.05) is 19.3 Å². The summed E-state index contributed by atoms with van der Waals surface area (Å²) < 4.78 is 27.4. The lowest BCUT2D eigenvalue weighted by atomic mass is 9.87. The maximum atomic E-state index is 12.3. The molecule has 6 heteroatoms. The third-order valence-electron chi connectivity index (χ3n) is 4.11. The van der Waals surface area contributed by atoms with Gasteiger partial charge in [-0.05, 0) is 37.0 Å². The SMILES string of the molecule is N#Cc1ccc2c(c1)S(=O)(=O)NC(C1CCCCC1)N2. The molecular formula is C14H17N3O2S. The van der Waals surface area contributed by atoms with Crippen molar-refractivity contribution in [1.29, 1.82) is 5.26 Å². The number of nitriles is 1. The maximum Gasteiger partial charge on any atom is 0.244 e. The smallest absolute Gasteiger partial charge is 0.244 e. The first-order chi connectivity index (χ1) is 9.60. The first-order valence-corrected chi connectivity index (χ1v) is 8.41. The number of anilines is 1. The van der Waals surface area contributed by atoms with Gasteiger partial charge < -0.3 is 5.32 Å². The van der Waals surface area contributed by atoms with Crippen molar-refractivity contribution < 1.29 is 8.42 Å². The highest BCUT2D eigenvalue weighted by molar-refractivity contribution is 7.89. The van der Waals surface area contributed by atoms with Gasteiger partial charge in [0.25, 0.3) is 0 Å². The van der Waals surface area contributed by atoms with E-state index in [1.807, 2.05) is 6.07 Å². The van der Waals surface area contributed by atoms with Crippen LogP contribution in [0.1, 0.15) is 37.7 Å².